The Kier molecular flexibility index (Phi) is 9.96. The van der Waals surface area contributed by atoms with Gasteiger partial charge in [0.25, 0.3) is 0 Å². The van der Waals surface area contributed by atoms with E-state index in [1.807, 2.05) is 38.1 Å². The number of rotatable bonds is 10. The molecule has 34 heavy (non-hydrogen) atoms. The zero-order valence-corrected chi connectivity index (χ0v) is 23.2. The summed E-state index contributed by atoms with van der Waals surface area (Å²) in [5.74, 6) is -0.806. The maximum absolute atomic E-state index is 13.6. The van der Waals surface area contributed by atoms with Gasteiger partial charge >= 0.3 is 0 Å². The summed E-state index contributed by atoms with van der Waals surface area (Å²) in [6.07, 6.45) is 1.78. The molecule has 0 saturated heterocycles. The van der Waals surface area contributed by atoms with E-state index in [2.05, 4.69) is 21.2 Å². The van der Waals surface area contributed by atoms with Crippen molar-refractivity contribution in [1.82, 2.24) is 10.2 Å². The van der Waals surface area contributed by atoms with Gasteiger partial charge in [-0.25, -0.2) is 8.42 Å². The maximum atomic E-state index is 13.6. The molecule has 10 heteroatoms. The van der Waals surface area contributed by atoms with Crippen LogP contribution in [0.2, 0.25) is 5.02 Å². The van der Waals surface area contributed by atoms with Gasteiger partial charge in [-0.05, 0) is 62.6 Å². The van der Waals surface area contributed by atoms with E-state index in [0.29, 0.717) is 16.3 Å². The fraction of sp³-hybridized carbons (Fsp3) is 0.417. The van der Waals surface area contributed by atoms with Crippen molar-refractivity contribution in [3.63, 3.8) is 0 Å². The summed E-state index contributed by atoms with van der Waals surface area (Å²) in [7, 11) is -3.82. The van der Waals surface area contributed by atoms with E-state index >= 15 is 0 Å². The van der Waals surface area contributed by atoms with Gasteiger partial charge in [-0.3, -0.25) is 13.9 Å². The zero-order chi connectivity index (χ0) is 25.6. The normalized spacial score (nSPS) is 13.1. The third-order valence-corrected chi connectivity index (χ3v) is 7.63. The lowest BCUT2D eigenvalue weighted by Crippen LogP contribution is -2.52. The summed E-state index contributed by atoms with van der Waals surface area (Å²) >= 11 is 9.64. The standard InChI is InChI=1S/C24H31BrClN3O4S/c1-6-16(2)27-24(31)18(4)28(14-19-9-7-10-20(25)13-19)23(30)15-29(34(5,32)33)22-12-8-11-21(26)17(22)3/h7-13,16,18H,6,14-15H2,1-5H3,(H,27,31)/t16-,18+/m1/s1. The van der Waals surface area contributed by atoms with Gasteiger partial charge in [0.2, 0.25) is 21.8 Å². The van der Waals surface area contributed by atoms with Gasteiger partial charge in [0, 0.05) is 22.1 Å². The van der Waals surface area contributed by atoms with Crippen LogP contribution in [0, 0.1) is 6.92 Å². The minimum Gasteiger partial charge on any atom is -0.352 e. The first-order valence-corrected chi connectivity index (χ1v) is 13.9. The number of halogens is 2. The molecule has 1 N–H and O–H groups in total. The zero-order valence-electron chi connectivity index (χ0n) is 20.0. The molecule has 186 valence electrons. The lowest BCUT2D eigenvalue weighted by atomic mass is 10.1. The Labute approximate surface area is 215 Å². The number of nitrogens with zero attached hydrogens (tertiary/aromatic N) is 2. The number of hydrogen-bond acceptors (Lipinski definition) is 4. The largest absolute Gasteiger partial charge is 0.352 e. The van der Waals surface area contributed by atoms with Crippen molar-refractivity contribution in [1.29, 1.82) is 0 Å². The highest BCUT2D eigenvalue weighted by atomic mass is 79.9. The van der Waals surface area contributed by atoms with Gasteiger partial charge in [0.05, 0.1) is 11.9 Å². The summed E-state index contributed by atoms with van der Waals surface area (Å²) in [4.78, 5) is 27.9. The minimum atomic E-state index is -3.82. The van der Waals surface area contributed by atoms with Crippen molar-refractivity contribution in [2.75, 3.05) is 17.1 Å². The average Bonchev–Trinajstić information content (AvgIpc) is 2.76. The maximum Gasteiger partial charge on any atom is 0.244 e. The van der Waals surface area contributed by atoms with E-state index in [9.17, 15) is 18.0 Å². The Bertz CT molecular complexity index is 1140. The Morgan fingerprint density at radius 3 is 2.38 bits per heavy atom. The van der Waals surface area contributed by atoms with Crippen LogP contribution in [0.1, 0.15) is 38.3 Å². The molecular formula is C24H31BrClN3O4S. The monoisotopic (exact) mass is 571 g/mol. The van der Waals surface area contributed by atoms with Crippen LogP contribution in [0.25, 0.3) is 0 Å². The number of anilines is 1. The summed E-state index contributed by atoms with van der Waals surface area (Å²) in [6.45, 7) is 6.86. The molecule has 0 bridgehead atoms. The molecule has 0 aliphatic heterocycles. The highest BCUT2D eigenvalue weighted by molar-refractivity contribution is 9.10. The molecule has 0 unspecified atom stereocenters. The van der Waals surface area contributed by atoms with E-state index in [0.717, 1.165) is 27.0 Å². The SMILES string of the molecule is CC[C@@H](C)NC(=O)[C@H](C)N(Cc1cccc(Br)c1)C(=O)CN(c1cccc(Cl)c1C)S(C)(=O)=O. The molecule has 2 aromatic rings. The van der Waals surface area contributed by atoms with Crippen molar-refractivity contribution in [2.45, 2.75) is 52.7 Å². The van der Waals surface area contributed by atoms with Crippen LogP contribution in [0.5, 0.6) is 0 Å². The summed E-state index contributed by atoms with van der Waals surface area (Å²) in [5, 5.41) is 3.30. The van der Waals surface area contributed by atoms with E-state index in [4.69, 9.17) is 11.6 Å². The highest BCUT2D eigenvalue weighted by Gasteiger charge is 2.31. The van der Waals surface area contributed by atoms with E-state index in [1.165, 1.54) is 4.90 Å². The molecule has 0 aliphatic rings. The van der Waals surface area contributed by atoms with Crippen LogP contribution in [0.15, 0.2) is 46.9 Å². The Morgan fingerprint density at radius 2 is 1.79 bits per heavy atom. The number of carbonyl (C=O) groups is 2. The van der Waals surface area contributed by atoms with Gasteiger partial charge in [0.15, 0.2) is 0 Å². The van der Waals surface area contributed by atoms with Crippen LogP contribution in [-0.4, -0.2) is 50.0 Å². The van der Waals surface area contributed by atoms with Crippen molar-refractivity contribution < 1.29 is 18.0 Å². The molecule has 0 spiro atoms. The van der Waals surface area contributed by atoms with Gasteiger partial charge in [-0.15, -0.1) is 0 Å². The third kappa shape index (κ3) is 7.45. The molecule has 0 heterocycles. The highest BCUT2D eigenvalue weighted by Crippen LogP contribution is 2.28. The van der Waals surface area contributed by atoms with Crippen LogP contribution in [-0.2, 0) is 26.2 Å². The second-order valence-electron chi connectivity index (χ2n) is 8.30. The van der Waals surface area contributed by atoms with Crippen LogP contribution < -0.4 is 9.62 Å². The van der Waals surface area contributed by atoms with E-state index < -0.39 is 28.5 Å². The first-order chi connectivity index (χ1) is 15.8. The van der Waals surface area contributed by atoms with Gasteiger partial charge in [-0.2, -0.15) is 0 Å². The lowest BCUT2D eigenvalue weighted by Gasteiger charge is -2.32. The van der Waals surface area contributed by atoms with Crippen LogP contribution >= 0.6 is 27.5 Å². The molecule has 0 aliphatic carbocycles. The predicted octanol–water partition coefficient (Wildman–Crippen LogP) is 4.51. The molecule has 7 nitrogen and oxygen atoms in total. The molecule has 2 atom stereocenters. The van der Waals surface area contributed by atoms with E-state index in [1.54, 1.807) is 32.0 Å². The third-order valence-electron chi connectivity index (χ3n) is 5.60. The summed E-state index contributed by atoms with van der Waals surface area (Å²) < 4.78 is 27.2. The Balaban J connectivity index is 2.43. The second kappa shape index (κ2) is 12.0. The molecule has 0 aromatic heterocycles. The van der Waals surface area contributed by atoms with Crippen LogP contribution in [0.4, 0.5) is 5.69 Å². The number of sulfonamides is 1. The minimum absolute atomic E-state index is 0.0561. The molecule has 0 saturated carbocycles. The van der Waals surface area contributed by atoms with Gasteiger partial charge in [-0.1, -0.05) is 52.7 Å². The summed E-state index contributed by atoms with van der Waals surface area (Å²) in [5.41, 5.74) is 1.67. The lowest BCUT2D eigenvalue weighted by molar-refractivity contribution is -0.139. The first kappa shape index (κ1) is 28.1. The number of nitrogens with one attached hydrogen (secondary N) is 1. The molecule has 2 aromatic carbocycles. The molecule has 2 rings (SSSR count). The smallest absolute Gasteiger partial charge is 0.244 e. The molecular weight excluding hydrogens is 542 g/mol. The molecule has 2 amide bonds. The number of amides is 2. The topological polar surface area (TPSA) is 86.8 Å². The fourth-order valence-electron chi connectivity index (χ4n) is 3.34. The molecule has 0 fully saturated rings. The summed E-state index contributed by atoms with van der Waals surface area (Å²) in [6, 6.07) is 11.4. The van der Waals surface area contributed by atoms with Crippen molar-refractivity contribution in [3.8, 4) is 0 Å². The van der Waals surface area contributed by atoms with Crippen molar-refractivity contribution >= 4 is 55.1 Å². The number of hydrogen-bond donors (Lipinski definition) is 1. The Morgan fingerprint density at radius 1 is 1.15 bits per heavy atom. The molecule has 0 radical (unpaired) electrons. The first-order valence-electron chi connectivity index (χ1n) is 10.9. The van der Waals surface area contributed by atoms with Crippen LogP contribution in [0.3, 0.4) is 0 Å². The number of benzene rings is 2. The Hall–Kier alpha value is -2.10. The van der Waals surface area contributed by atoms with E-state index in [-0.39, 0.29) is 18.5 Å². The van der Waals surface area contributed by atoms with Gasteiger partial charge in [0.1, 0.15) is 12.6 Å². The average molecular weight is 573 g/mol. The van der Waals surface area contributed by atoms with Gasteiger partial charge < -0.3 is 10.2 Å². The second-order valence-corrected chi connectivity index (χ2v) is 11.5. The van der Waals surface area contributed by atoms with Crippen molar-refractivity contribution in [3.05, 3.63) is 63.1 Å². The number of carbonyl (C=O) groups excluding carboxylic acids is 2. The predicted molar refractivity (Wildman–Crippen MR) is 140 cm³/mol. The quantitative estimate of drug-likeness (QED) is 0.454. The fourth-order valence-corrected chi connectivity index (χ4v) is 4.86. The van der Waals surface area contributed by atoms with Crippen molar-refractivity contribution in [2.24, 2.45) is 0 Å².